The molecule has 19 heavy (non-hydrogen) atoms. The van der Waals surface area contributed by atoms with Crippen LogP contribution in [0.3, 0.4) is 0 Å². The molecular weight excluding hydrogens is 260 g/mol. The SMILES string of the molecule is Cc1cc(N)cc(C)c1S(=O)(=O)N(C)CC1CC1C. The van der Waals surface area contributed by atoms with Crippen LogP contribution >= 0.6 is 0 Å². The standard InChI is InChI=1S/C14H22N2O2S/c1-9-5-12(9)8-16(4)19(17,18)14-10(2)6-13(15)7-11(14)3/h6-7,9,12H,5,8,15H2,1-4H3. The summed E-state index contributed by atoms with van der Waals surface area (Å²) in [5, 5.41) is 0. The summed E-state index contributed by atoms with van der Waals surface area (Å²) in [4.78, 5) is 0.400. The van der Waals surface area contributed by atoms with Gasteiger partial charge in [-0.15, -0.1) is 0 Å². The van der Waals surface area contributed by atoms with Gasteiger partial charge in [-0.1, -0.05) is 6.92 Å². The smallest absolute Gasteiger partial charge is 0.243 e. The molecule has 0 saturated heterocycles. The molecule has 1 saturated carbocycles. The average Bonchev–Trinajstić information content (AvgIpc) is 2.91. The molecule has 1 aliphatic rings. The Morgan fingerprint density at radius 1 is 1.32 bits per heavy atom. The van der Waals surface area contributed by atoms with E-state index in [0.717, 1.165) is 6.42 Å². The molecule has 2 unspecified atom stereocenters. The largest absolute Gasteiger partial charge is 0.399 e. The highest BCUT2D eigenvalue weighted by Gasteiger charge is 2.36. The van der Waals surface area contributed by atoms with E-state index in [0.29, 0.717) is 40.1 Å². The van der Waals surface area contributed by atoms with E-state index in [-0.39, 0.29) is 0 Å². The third kappa shape index (κ3) is 2.77. The van der Waals surface area contributed by atoms with Gasteiger partial charge >= 0.3 is 0 Å². The summed E-state index contributed by atoms with van der Waals surface area (Å²) < 4.78 is 26.8. The van der Waals surface area contributed by atoms with Crippen molar-refractivity contribution in [3.05, 3.63) is 23.3 Å². The lowest BCUT2D eigenvalue weighted by atomic mass is 10.1. The molecule has 0 aromatic heterocycles. The first-order valence-electron chi connectivity index (χ1n) is 6.56. The van der Waals surface area contributed by atoms with E-state index in [4.69, 9.17) is 5.73 Å². The van der Waals surface area contributed by atoms with Crippen LogP contribution in [0.15, 0.2) is 17.0 Å². The second-order valence-electron chi connectivity index (χ2n) is 5.74. The normalized spacial score (nSPS) is 22.8. The molecular formula is C14H22N2O2S. The van der Waals surface area contributed by atoms with E-state index in [1.165, 1.54) is 4.31 Å². The number of nitrogens with zero attached hydrogens (tertiary/aromatic N) is 1. The van der Waals surface area contributed by atoms with Crippen molar-refractivity contribution >= 4 is 15.7 Å². The van der Waals surface area contributed by atoms with Gasteiger partial charge in [-0.25, -0.2) is 12.7 Å². The second kappa shape index (κ2) is 4.80. The fourth-order valence-corrected chi connectivity index (χ4v) is 4.26. The van der Waals surface area contributed by atoms with Gasteiger partial charge in [0.1, 0.15) is 0 Å². The molecule has 1 aromatic carbocycles. The van der Waals surface area contributed by atoms with Crippen LogP contribution in [0, 0.1) is 25.7 Å². The number of nitrogens with two attached hydrogens (primary N) is 1. The Morgan fingerprint density at radius 3 is 2.21 bits per heavy atom. The van der Waals surface area contributed by atoms with Gasteiger partial charge in [-0.3, -0.25) is 0 Å². The maximum atomic E-state index is 12.6. The zero-order chi connectivity index (χ0) is 14.4. The van der Waals surface area contributed by atoms with Gasteiger partial charge in [-0.2, -0.15) is 0 Å². The molecule has 1 aliphatic carbocycles. The first-order valence-corrected chi connectivity index (χ1v) is 8.00. The molecule has 0 bridgehead atoms. The first-order chi connectivity index (χ1) is 8.73. The number of benzene rings is 1. The van der Waals surface area contributed by atoms with Crippen LogP contribution in [0.1, 0.15) is 24.5 Å². The van der Waals surface area contributed by atoms with Gasteiger partial charge in [0.05, 0.1) is 4.90 Å². The Morgan fingerprint density at radius 2 is 1.79 bits per heavy atom. The predicted molar refractivity (Wildman–Crippen MR) is 77.4 cm³/mol. The number of rotatable bonds is 4. The van der Waals surface area contributed by atoms with Crippen molar-refractivity contribution in [1.29, 1.82) is 0 Å². The van der Waals surface area contributed by atoms with Crippen molar-refractivity contribution in [2.75, 3.05) is 19.3 Å². The fourth-order valence-electron chi connectivity index (χ4n) is 2.63. The lowest BCUT2D eigenvalue weighted by molar-refractivity contribution is 0.444. The highest BCUT2D eigenvalue weighted by molar-refractivity contribution is 7.89. The van der Waals surface area contributed by atoms with E-state index in [9.17, 15) is 8.42 Å². The van der Waals surface area contributed by atoms with Crippen LogP contribution in [-0.4, -0.2) is 26.3 Å². The zero-order valence-electron chi connectivity index (χ0n) is 12.0. The number of hydrogen-bond donors (Lipinski definition) is 1. The summed E-state index contributed by atoms with van der Waals surface area (Å²) in [7, 11) is -1.76. The van der Waals surface area contributed by atoms with Gasteiger partial charge in [0.15, 0.2) is 0 Å². The van der Waals surface area contributed by atoms with Crippen molar-refractivity contribution in [3.8, 4) is 0 Å². The summed E-state index contributed by atoms with van der Waals surface area (Å²) in [5.74, 6) is 1.15. The molecule has 4 nitrogen and oxygen atoms in total. The number of nitrogen functional groups attached to an aromatic ring is 1. The maximum absolute atomic E-state index is 12.6. The minimum absolute atomic E-state index is 0.400. The van der Waals surface area contributed by atoms with E-state index >= 15 is 0 Å². The highest BCUT2D eigenvalue weighted by Crippen LogP contribution is 2.39. The molecule has 2 rings (SSSR count). The summed E-state index contributed by atoms with van der Waals surface area (Å²) in [6.45, 7) is 6.35. The van der Waals surface area contributed by atoms with Gasteiger partial charge in [-0.05, 0) is 55.4 Å². The van der Waals surface area contributed by atoms with Crippen molar-refractivity contribution in [1.82, 2.24) is 4.31 Å². The molecule has 2 N–H and O–H groups in total. The van der Waals surface area contributed by atoms with Crippen LogP contribution in [0.4, 0.5) is 5.69 Å². The molecule has 0 amide bonds. The van der Waals surface area contributed by atoms with Crippen LogP contribution in [0.5, 0.6) is 0 Å². The summed E-state index contributed by atoms with van der Waals surface area (Å²) in [5.41, 5.74) is 7.78. The van der Waals surface area contributed by atoms with Crippen molar-refractivity contribution in [2.24, 2.45) is 11.8 Å². The highest BCUT2D eigenvalue weighted by atomic mass is 32.2. The molecule has 5 heteroatoms. The summed E-state index contributed by atoms with van der Waals surface area (Å²) in [6.07, 6.45) is 1.12. The number of hydrogen-bond acceptors (Lipinski definition) is 3. The van der Waals surface area contributed by atoms with E-state index in [1.54, 1.807) is 33.0 Å². The van der Waals surface area contributed by atoms with Gasteiger partial charge in [0.25, 0.3) is 0 Å². The lowest BCUT2D eigenvalue weighted by Gasteiger charge is -2.20. The molecule has 106 valence electrons. The van der Waals surface area contributed by atoms with E-state index in [1.807, 2.05) is 0 Å². The van der Waals surface area contributed by atoms with E-state index < -0.39 is 10.0 Å². The zero-order valence-corrected chi connectivity index (χ0v) is 12.8. The molecule has 0 heterocycles. The Hall–Kier alpha value is -1.07. The van der Waals surface area contributed by atoms with Crippen molar-refractivity contribution < 1.29 is 8.42 Å². The van der Waals surface area contributed by atoms with Crippen molar-refractivity contribution in [2.45, 2.75) is 32.1 Å². The van der Waals surface area contributed by atoms with Crippen LogP contribution in [0.2, 0.25) is 0 Å². The monoisotopic (exact) mass is 282 g/mol. The van der Waals surface area contributed by atoms with Crippen LogP contribution in [0.25, 0.3) is 0 Å². The maximum Gasteiger partial charge on any atom is 0.243 e. The Kier molecular flexibility index (Phi) is 3.62. The minimum Gasteiger partial charge on any atom is -0.399 e. The predicted octanol–water partition coefficient (Wildman–Crippen LogP) is 2.16. The fraction of sp³-hybridized carbons (Fsp3) is 0.571. The number of sulfonamides is 1. The quantitative estimate of drug-likeness (QED) is 0.861. The first kappa shape index (κ1) is 14.3. The van der Waals surface area contributed by atoms with Crippen molar-refractivity contribution in [3.63, 3.8) is 0 Å². The Labute approximate surface area is 115 Å². The molecule has 0 aliphatic heterocycles. The van der Waals surface area contributed by atoms with Crippen LogP contribution in [-0.2, 0) is 10.0 Å². The molecule has 1 aromatic rings. The Balaban J connectivity index is 2.33. The van der Waals surface area contributed by atoms with Crippen LogP contribution < -0.4 is 5.73 Å². The summed E-state index contributed by atoms with van der Waals surface area (Å²) in [6, 6.07) is 3.43. The second-order valence-corrected chi connectivity index (χ2v) is 7.72. The van der Waals surface area contributed by atoms with Gasteiger partial charge in [0.2, 0.25) is 10.0 Å². The molecule has 2 atom stereocenters. The van der Waals surface area contributed by atoms with E-state index in [2.05, 4.69) is 6.92 Å². The third-order valence-electron chi connectivity index (χ3n) is 3.92. The minimum atomic E-state index is -3.42. The average molecular weight is 282 g/mol. The van der Waals surface area contributed by atoms with Gasteiger partial charge < -0.3 is 5.73 Å². The Bertz CT molecular complexity index is 572. The van der Waals surface area contributed by atoms with Gasteiger partial charge in [0, 0.05) is 19.3 Å². The third-order valence-corrected chi connectivity index (χ3v) is 6.05. The molecule has 0 radical (unpaired) electrons. The molecule has 1 fully saturated rings. The molecule has 0 spiro atoms. The topological polar surface area (TPSA) is 63.4 Å². The number of anilines is 1. The number of aryl methyl sites for hydroxylation is 2. The summed E-state index contributed by atoms with van der Waals surface area (Å²) >= 11 is 0. The lowest BCUT2D eigenvalue weighted by Crippen LogP contribution is -2.30.